The fourth-order valence-electron chi connectivity index (χ4n) is 33.4. The lowest BCUT2D eigenvalue weighted by molar-refractivity contribution is -0.155. The van der Waals surface area contributed by atoms with Crippen LogP contribution in [0, 0.1) is 70.5 Å². The van der Waals surface area contributed by atoms with Crippen molar-refractivity contribution in [2.75, 3.05) is 0 Å². The highest BCUT2D eigenvalue weighted by Gasteiger charge is 2.71. The van der Waals surface area contributed by atoms with Crippen LogP contribution in [0.3, 0.4) is 0 Å². The normalized spacial score (nSPS) is 50.5. The van der Waals surface area contributed by atoms with E-state index >= 15 is 0 Å². The second kappa shape index (κ2) is 25.5. The van der Waals surface area contributed by atoms with Gasteiger partial charge >= 0.3 is 0 Å². The SMILES string of the molecule is CC(C)(C)[C@H]1C[C@@H]2C3B(C4C[C@@H]5B6C7CCC(C8CC9CCC[C@@H]%10C9C(C8)[C@@H]8CCC[C@@H]9CCC[C@H]%10C98)CC7N(C7CCCCC7)C7CC(N(C8CCCCC8)C8CCCCC8)CC(OC5CC4N2C2CCCCC2)C67)C2CCCCC2N(C2CCCCC2)[C@H]3C1. The van der Waals surface area contributed by atoms with Gasteiger partial charge in [0, 0.05) is 72.5 Å². The summed E-state index contributed by atoms with van der Waals surface area (Å²) in [6, 6.07) is 9.79. The van der Waals surface area contributed by atoms with E-state index < -0.39 is 0 Å². The number of nitrogens with zero attached hydrogens (tertiary/aromatic N) is 4. The Kier molecular flexibility index (Phi) is 17.4. The summed E-state index contributed by atoms with van der Waals surface area (Å²) in [6.45, 7) is 9.99. The molecule has 0 spiro atoms. The van der Waals surface area contributed by atoms with Crippen molar-refractivity contribution < 1.29 is 4.74 Å². The highest BCUT2D eigenvalue weighted by molar-refractivity contribution is 6.67. The first kappa shape index (κ1) is 62.0. The highest BCUT2D eigenvalue weighted by atomic mass is 16.5. The third-order valence-electron chi connectivity index (χ3n) is 36.0. The van der Waals surface area contributed by atoms with Gasteiger partial charge in [0.05, 0.1) is 12.2 Å². The van der Waals surface area contributed by atoms with Crippen LogP contribution in [-0.2, 0) is 4.74 Å². The summed E-state index contributed by atoms with van der Waals surface area (Å²) < 4.78 is 8.69. The first-order chi connectivity index (χ1) is 44.8. The first-order valence-corrected chi connectivity index (χ1v) is 43.5. The molecule has 4 saturated heterocycles. The molecule has 15 aliphatic carbocycles. The third-order valence-corrected chi connectivity index (χ3v) is 36.0. The molecule has 19 rings (SSSR count). The Morgan fingerprint density at radius 2 is 0.791 bits per heavy atom. The van der Waals surface area contributed by atoms with Crippen molar-refractivity contribution in [3.8, 4) is 0 Å². The zero-order chi connectivity index (χ0) is 60.2. The number of hydrogen-bond acceptors (Lipinski definition) is 5. The molecule has 91 heavy (non-hydrogen) atoms. The van der Waals surface area contributed by atoms with Gasteiger partial charge in [0.25, 0.3) is 0 Å². The fourth-order valence-corrected chi connectivity index (χ4v) is 33.4. The van der Waals surface area contributed by atoms with E-state index in [4.69, 9.17) is 4.74 Å². The van der Waals surface area contributed by atoms with Gasteiger partial charge in [0.2, 0.25) is 0 Å². The summed E-state index contributed by atoms with van der Waals surface area (Å²) >= 11 is 0. The molecule has 19 fully saturated rings. The summed E-state index contributed by atoms with van der Waals surface area (Å²) in [5.74, 6) is 17.0. The molecule has 506 valence electrons. The lowest BCUT2D eigenvalue weighted by Crippen LogP contribution is -2.76. The molecule has 4 heterocycles. The van der Waals surface area contributed by atoms with Crippen molar-refractivity contribution in [3.05, 3.63) is 0 Å². The molecule has 15 saturated carbocycles. The van der Waals surface area contributed by atoms with E-state index in [1.165, 1.54) is 212 Å². The first-order valence-electron chi connectivity index (χ1n) is 43.5. The van der Waals surface area contributed by atoms with Crippen LogP contribution >= 0.6 is 0 Å². The minimum absolute atomic E-state index is 0.376. The Balaban J connectivity index is 0.716. The van der Waals surface area contributed by atoms with Gasteiger partial charge in [0.1, 0.15) is 0 Å². The van der Waals surface area contributed by atoms with Gasteiger partial charge in [-0.2, -0.15) is 0 Å². The van der Waals surface area contributed by atoms with Crippen LogP contribution in [0.25, 0.3) is 0 Å². The van der Waals surface area contributed by atoms with E-state index in [1.807, 2.05) is 0 Å². The quantitative estimate of drug-likeness (QED) is 0.236. The van der Waals surface area contributed by atoms with Gasteiger partial charge in [0.15, 0.2) is 13.4 Å². The molecular formula is C84H138B2N4O. The topological polar surface area (TPSA) is 22.2 Å². The molecule has 0 aromatic heterocycles. The Hall–Kier alpha value is -0.0701. The fraction of sp³-hybridized carbons (Fsp3) is 1.00. The number of ether oxygens (including phenoxy) is 1. The minimum atomic E-state index is 0.376. The second-order valence-electron chi connectivity index (χ2n) is 40.2. The zero-order valence-corrected chi connectivity index (χ0v) is 59.4. The molecule has 18 unspecified atom stereocenters. The molecule has 0 bridgehead atoms. The average molecular weight is 1240 g/mol. The summed E-state index contributed by atoms with van der Waals surface area (Å²) in [7, 11) is 0. The number of fused-ring (bicyclic) bond motifs is 10. The van der Waals surface area contributed by atoms with E-state index in [2.05, 4.69) is 40.4 Å². The summed E-state index contributed by atoms with van der Waals surface area (Å²) in [6.07, 6.45) is 76.2. The van der Waals surface area contributed by atoms with Crippen molar-refractivity contribution in [1.82, 2.24) is 19.6 Å². The Labute approximate surface area is 560 Å². The maximum atomic E-state index is 8.69. The largest absolute Gasteiger partial charge is 0.376 e. The van der Waals surface area contributed by atoms with Crippen LogP contribution in [0.5, 0.6) is 0 Å². The minimum Gasteiger partial charge on any atom is -0.376 e. The monoisotopic (exact) mass is 1240 g/mol. The lowest BCUT2D eigenvalue weighted by atomic mass is 9.14. The van der Waals surface area contributed by atoms with Gasteiger partial charge in [-0.15, -0.1) is 0 Å². The molecule has 4 aliphatic heterocycles. The van der Waals surface area contributed by atoms with Crippen LogP contribution in [0.2, 0.25) is 34.9 Å². The van der Waals surface area contributed by atoms with E-state index in [-0.39, 0.29) is 0 Å². The highest BCUT2D eigenvalue weighted by Crippen LogP contribution is 2.71. The van der Waals surface area contributed by atoms with Crippen molar-refractivity contribution in [2.24, 2.45) is 70.5 Å². The molecule has 26 atom stereocenters. The van der Waals surface area contributed by atoms with Gasteiger partial charge in [-0.3, -0.25) is 19.6 Å². The Morgan fingerprint density at radius 3 is 1.40 bits per heavy atom. The predicted octanol–water partition coefficient (Wildman–Crippen LogP) is 20.8. The number of hydrogen-bond donors (Lipinski definition) is 0. The van der Waals surface area contributed by atoms with Gasteiger partial charge < -0.3 is 4.74 Å². The summed E-state index contributed by atoms with van der Waals surface area (Å²) in [5, 5.41) is 0. The molecule has 0 aromatic rings. The van der Waals surface area contributed by atoms with E-state index in [1.54, 1.807) is 103 Å². The van der Waals surface area contributed by atoms with E-state index in [0.29, 0.717) is 17.6 Å². The molecule has 0 radical (unpaired) electrons. The van der Waals surface area contributed by atoms with Crippen molar-refractivity contribution in [2.45, 2.75) is 455 Å². The maximum absolute atomic E-state index is 8.69. The number of rotatable bonds is 7. The van der Waals surface area contributed by atoms with E-state index in [0.717, 1.165) is 186 Å². The van der Waals surface area contributed by atoms with Crippen LogP contribution in [0.15, 0.2) is 0 Å². The summed E-state index contributed by atoms with van der Waals surface area (Å²) in [4.78, 5) is 14.2. The zero-order valence-electron chi connectivity index (χ0n) is 59.4. The molecule has 7 heteroatoms. The average Bonchev–Trinajstić information content (AvgIpc) is 0.718. The van der Waals surface area contributed by atoms with Crippen LogP contribution in [0.1, 0.15) is 335 Å². The lowest BCUT2D eigenvalue weighted by Gasteiger charge is -2.72. The smallest absolute Gasteiger partial charge is 0.159 e. The standard InChI is InChI=1S/C84H138B2N4O/c1-84(2,3)57-47-75-82-76(48-57)90(62-35-17-8-18-36-62)74-52-78-71(51-70(74)85(82)68-40-19-20-41-72(68)88(75)60-31-13-6-14-32-60)86-69-43-42-54(56-44-55-26-23-38-65-64-37-21-24-53-25-22-39-66(80(53)64)67(45-56)81(55)65)46-73(69)89(61-33-15-7-16-34-61)77-49-63(50-79(91-78)83(77)86)87(58-27-9-4-10-28-58)59-29-11-5-12-30-59/h53-83H,4-52H2,1-3H3/t53-,54?,55?,56?,57+,63?,64+,65-,66-,67?,68?,69?,70?,71-,72?,73?,74?,75-,76+,77?,78?,79?,80?,81?,82?,83?/m0/s1. The third kappa shape index (κ3) is 10.6. The molecule has 19 aliphatic rings. The van der Waals surface area contributed by atoms with Gasteiger partial charge in [-0.1, -0.05) is 194 Å². The van der Waals surface area contributed by atoms with E-state index in [9.17, 15) is 0 Å². The molecule has 0 N–H and O–H groups in total. The van der Waals surface area contributed by atoms with Crippen LogP contribution < -0.4 is 0 Å². The van der Waals surface area contributed by atoms with Crippen LogP contribution in [0.4, 0.5) is 0 Å². The Morgan fingerprint density at radius 1 is 0.297 bits per heavy atom. The Bertz CT molecular complexity index is 2450. The maximum Gasteiger partial charge on any atom is 0.159 e. The van der Waals surface area contributed by atoms with Crippen molar-refractivity contribution >= 4 is 13.4 Å². The van der Waals surface area contributed by atoms with Gasteiger partial charge in [-0.25, -0.2) is 0 Å². The second-order valence-corrected chi connectivity index (χ2v) is 40.2. The van der Waals surface area contributed by atoms with Gasteiger partial charge in [-0.05, 0) is 247 Å². The molecule has 0 aromatic carbocycles. The molecular weight excluding hydrogens is 1100 g/mol. The molecule has 0 amide bonds. The van der Waals surface area contributed by atoms with Crippen molar-refractivity contribution in [3.63, 3.8) is 0 Å². The van der Waals surface area contributed by atoms with Crippen molar-refractivity contribution in [1.29, 1.82) is 0 Å². The predicted molar refractivity (Wildman–Crippen MR) is 380 cm³/mol. The summed E-state index contributed by atoms with van der Waals surface area (Å²) in [5.41, 5.74) is 0.376. The van der Waals surface area contributed by atoms with Crippen LogP contribution in [-0.4, -0.2) is 118 Å². The molecule has 5 nitrogen and oxygen atoms in total.